The summed E-state index contributed by atoms with van der Waals surface area (Å²) < 4.78 is 7.87. The molecule has 0 radical (unpaired) electrons. The summed E-state index contributed by atoms with van der Waals surface area (Å²) in [6, 6.07) is 21.1. The van der Waals surface area contributed by atoms with Gasteiger partial charge in [0.05, 0.1) is 12.8 Å². The number of amides is 1. The van der Waals surface area contributed by atoms with Gasteiger partial charge in [-0.15, -0.1) is 5.10 Å². The SMILES string of the molecule is COc1ccc(-n2nc(C(=O)Nc3ccc(Br)cc3C)nc2-c2ccc(C)cc2)cc1. The lowest BCUT2D eigenvalue weighted by Crippen LogP contribution is -2.15. The smallest absolute Gasteiger partial charge is 0.295 e. The van der Waals surface area contributed by atoms with Gasteiger partial charge in [-0.1, -0.05) is 45.8 Å². The molecular formula is C24H21BrN4O2. The number of nitrogens with one attached hydrogen (secondary N) is 1. The molecular weight excluding hydrogens is 456 g/mol. The van der Waals surface area contributed by atoms with Crippen LogP contribution in [-0.2, 0) is 0 Å². The topological polar surface area (TPSA) is 69.0 Å². The van der Waals surface area contributed by atoms with Gasteiger partial charge in [0, 0.05) is 15.7 Å². The van der Waals surface area contributed by atoms with Crippen LogP contribution in [0.15, 0.2) is 71.2 Å². The summed E-state index contributed by atoms with van der Waals surface area (Å²) in [5.41, 5.74) is 4.44. The molecule has 7 heteroatoms. The van der Waals surface area contributed by atoms with E-state index >= 15 is 0 Å². The number of aromatic nitrogens is 3. The largest absolute Gasteiger partial charge is 0.497 e. The predicted octanol–water partition coefficient (Wildman–Crippen LogP) is 5.57. The number of aryl methyl sites for hydroxylation is 2. The van der Waals surface area contributed by atoms with Gasteiger partial charge in [0.15, 0.2) is 5.82 Å². The Morgan fingerprint density at radius 2 is 1.71 bits per heavy atom. The van der Waals surface area contributed by atoms with Crippen LogP contribution in [0, 0.1) is 13.8 Å². The highest BCUT2D eigenvalue weighted by molar-refractivity contribution is 9.10. The lowest BCUT2D eigenvalue weighted by atomic mass is 10.1. The predicted molar refractivity (Wildman–Crippen MR) is 125 cm³/mol. The van der Waals surface area contributed by atoms with Crippen LogP contribution < -0.4 is 10.1 Å². The molecule has 6 nitrogen and oxygen atoms in total. The minimum absolute atomic E-state index is 0.0914. The lowest BCUT2D eigenvalue weighted by Gasteiger charge is -2.07. The van der Waals surface area contributed by atoms with Gasteiger partial charge >= 0.3 is 0 Å². The average Bonchev–Trinajstić information content (AvgIpc) is 3.22. The summed E-state index contributed by atoms with van der Waals surface area (Å²) in [5.74, 6) is 1.05. The van der Waals surface area contributed by atoms with Crippen molar-refractivity contribution in [1.29, 1.82) is 0 Å². The van der Waals surface area contributed by atoms with E-state index in [2.05, 4.69) is 31.3 Å². The summed E-state index contributed by atoms with van der Waals surface area (Å²) in [6.07, 6.45) is 0. The molecule has 0 spiro atoms. The highest BCUT2D eigenvalue weighted by Crippen LogP contribution is 2.24. The van der Waals surface area contributed by atoms with E-state index in [1.54, 1.807) is 11.8 Å². The van der Waals surface area contributed by atoms with Crippen molar-refractivity contribution >= 4 is 27.5 Å². The van der Waals surface area contributed by atoms with Crippen LogP contribution in [0.3, 0.4) is 0 Å². The highest BCUT2D eigenvalue weighted by Gasteiger charge is 2.19. The van der Waals surface area contributed by atoms with E-state index in [9.17, 15) is 4.79 Å². The fraction of sp³-hybridized carbons (Fsp3) is 0.125. The zero-order valence-corrected chi connectivity index (χ0v) is 19.0. The molecule has 31 heavy (non-hydrogen) atoms. The molecule has 0 aliphatic carbocycles. The van der Waals surface area contributed by atoms with Crippen LogP contribution >= 0.6 is 15.9 Å². The summed E-state index contributed by atoms with van der Waals surface area (Å²) in [5, 5.41) is 7.43. The monoisotopic (exact) mass is 476 g/mol. The van der Waals surface area contributed by atoms with Crippen LogP contribution in [0.4, 0.5) is 5.69 Å². The third kappa shape index (κ3) is 4.51. The molecule has 1 N–H and O–H groups in total. The van der Waals surface area contributed by atoms with Crippen molar-refractivity contribution in [2.45, 2.75) is 13.8 Å². The Labute approximate surface area is 189 Å². The second-order valence-corrected chi connectivity index (χ2v) is 8.06. The summed E-state index contributed by atoms with van der Waals surface area (Å²) in [4.78, 5) is 17.5. The van der Waals surface area contributed by atoms with Gasteiger partial charge in [-0.05, 0) is 61.9 Å². The minimum Gasteiger partial charge on any atom is -0.497 e. The number of methoxy groups -OCH3 is 1. The molecule has 0 bridgehead atoms. The summed E-state index contributed by atoms with van der Waals surface area (Å²) >= 11 is 3.44. The molecule has 156 valence electrons. The Hall–Kier alpha value is -3.45. The van der Waals surface area contributed by atoms with Crippen LogP contribution in [-0.4, -0.2) is 27.8 Å². The first-order valence-corrected chi connectivity index (χ1v) is 10.5. The third-order valence-electron chi connectivity index (χ3n) is 4.87. The van der Waals surface area contributed by atoms with Crippen molar-refractivity contribution in [3.63, 3.8) is 0 Å². The number of nitrogens with zero attached hydrogens (tertiary/aromatic N) is 3. The van der Waals surface area contributed by atoms with Gasteiger partial charge < -0.3 is 10.1 Å². The van der Waals surface area contributed by atoms with Crippen molar-refractivity contribution in [2.24, 2.45) is 0 Å². The summed E-state index contributed by atoms with van der Waals surface area (Å²) in [6.45, 7) is 3.96. The number of ether oxygens (including phenoxy) is 1. The molecule has 4 rings (SSSR count). The number of carbonyl (C=O) groups excluding carboxylic acids is 1. The Bertz CT molecular complexity index is 1230. The van der Waals surface area contributed by atoms with E-state index < -0.39 is 0 Å². The van der Waals surface area contributed by atoms with Gasteiger partial charge in [0.1, 0.15) is 5.75 Å². The fourth-order valence-electron chi connectivity index (χ4n) is 3.15. The zero-order valence-electron chi connectivity index (χ0n) is 17.4. The van der Waals surface area contributed by atoms with Crippen LogP contribution in [0.5, 0.6) is 5.75 Å². The highest BCUT2D eigenvalue weighted by atomic mass is 79.9. The van der Waals surface area contributed by atoms with E-state index in [0.717, 1.165) is 32.6 Å². The number of anilines is 1. The van der Waals surface area contributed by atoms with E-state index in [1.807, 2.05) is 80.6 Å². The number of hydrogen-bond donors (Lipinski definition) is 1. The Kier molecular flexibility index (Phi) is 5.86. The molecule has 0 atom stereocenters. The molecule has 1 aromatic heterocycles. The van der Waals surface area contributed by atoms with Gasteiger partial charge in [-0.25, -0.2) is 9.67 Å². The number of benzene rings is 3. The molecule has 0 saturated heterocycles. The maximum Gasteiger partial charge on any atom is 0.295 e. The van der Waals surface area contributed by atoms with Gasteiger partial charge in [0.25, 0.3) is 5.91 Å². The van der Waals surface area contributed by atoms with E-state index in [-0.39, 0.29) is 11.7 Å². The van der Waals surface area contributed by atoms with Gasteiger partial charge in [-0.2, -0.15) is 0 Å². The Balaban J connectivity index is 1.74. The zero-order chi connectivity index (χ0) is 22.0. The first kappa shape index (κ1) is 20.8. The third-order valence-corrected chi connectivity index (χ3v) is 5.37. The molecule has 1 amide bonds. The quantitative estimate of drug-likeness (QED) is 0.408. The summed E-state index contributed by atoms with van der Waals surface area (Å²) in [7, 11) is 1.62. The van der Waals surface area contributed by atoms with Crippen molar-refractivity contribution < 1.29 is 9.53 Å². The molecule has 3 aromatic carbocycles. The van der Waals surface area contributed by atoms with E-state index in [4.69, 9.17) is 4.74 Å². The van der Waals surface area contributed by atoms with Crippen LogP contribution in [0.1, 0.15) is 21.7 Å². The average molecular weight is 477 g/mol. The van der Waals surface area contributed by atoms with Crippen molar-refractivity contribution in [3.8, 4) is 22.8 Å². The van der Waals surface area contributed by atoms with E-state index in [0.29, 0.717) is 11.5 Å². The number of hydrogen-bond acceptors (Lipinski definition) is 4. The van der Waals surface area contributed by atoms with E-state index in [1.165, 1.54) is 0 Å². The molecule has 0 unspecified atom stereocenters. The Morgan fingerprint density at radius 3 is 2.35 bits per heavy atom. The van der Waals surface area contributed by atoms with Crippen molar-refractivity contribution in [1.82, 2.24) is 14.8 Å². The second-order valence-electron chi connectivity index (χ2n) is 7.15. The fourth-order valence-corrected chi connectivity index (χ4v) is 3.62. The van der Waals surface area contributed by atoms with Gasteiger partial charge in [0.2, 0.25) is 5.82 Å². The van der Waals surface area contributed by atoms with Crippen LogP contribution in [0.25, 0.3) is 17.1 Å². The Morgan fingerprint density at radius 1 is 1.00 bits per heavy atom. The molecule has 4 aromatic rings. The molecule has 0 aliphatic heterocycles. The number of carbonyl (C=O) groups is 1. The van der Waals surface area contributed by atoms with Crippen molar-refractivity contribution in [2.75, 3.05) is 12.4 Å². The lowest BCUT2D eigenvalue weighted by molar-refractivity contribution is 0.101. The molecule has 0 saturated carbocycles. The molecule has 0 aliphatic rings. The maximum atomic E-state index is 13.0. The minimum atomic E-state index is -0.369. The molecule has 1 heterocycles. The molecule has 0 fully saturated rings. The van der Waals surface area contributed by atoms with Crippen molar-refractivity contribution in [3.05, 3.63) is 88.2 Å². The first-order chi connectivity index (χ1) is 14.9. The normalized spacial score (nSPS) is 10.7. The standard InChI is InChI=1S/C24H21BrN4O2/c1-15-4-6-17(7-5-15)23-27-22(24(30)26-21-13-8-18(25)14-16(21)2)28-29(23)19-9-11-20(31-3)12-10-19/h4-14H,1-3H3,(H,26,30). The van der Waals surface area contributed by atoms with Gasteiger partial charge in [-0.3, -0.25) is 4.79 Å². The van der Waals surface area contributed by atoms with Crippen LogP contribution in [0.2, 0.25) is 0 Å². The first-order valence-electron chi connectivity index (χ1n) is 9.70. The number of halogens is 1. The second kappa shape index (κ2) is 8.73. The maximum absolute atomic E-state index is 13.0. The number of rotatable bonds is 5.